The molecule has 0 saturated carbocycles. The predicted octanol–water partition coefficient (Wildman–Crippen LogP) is 3.54. The van der Waals surface area contributed by atoms with E-state index in [1.807, 2.05) is 30.3 Å². The van der Waals surface area contributed by atoms with Crippen molar-refractivity contribution in [3.8, 4) is 11.5 Å². The van der Waals surface area contributed by atoms with Gasteiger partial charge in [-0.1, -0.05) is 24.3 Å². The number of anilines is 2. The molecule has 0 aliphatic carbocycles. The Labute approximate surface area is 141 Å². The summed E-state index contributed by atoms with van der Waals surface area (Å²) in [6, 6.07) is 14.6. The number of alkyl halides is 1. The molecule has 6 heteroatoms. The minimum Gasteiger partial charge on any atom is -0.495 e. The molecular weight excluding hydrogens is 316 g/mol. The van der Waals surface area contributed by atoms with Crippen molar-refractivity contribution in [3.63, 3.8) is 0 Å². The first-order valence-electron chi connectivity index (χ1n) is 6.99. The number of hydrogen-bond donors (Lipinski definition) is 2. The lowest BCUT2D eigenvalue weighted by molar-refractivity contribution is -0.115. The van der Waals surface area contributed by atoms with E-state index in [2.05, 4.69) is 5.32 Å². The molecule has 0 heterocycles. The van der Waals surface area contributed by atoms with Crippen LogP contribution in [0.25, 0.3) is 0 Å². The second-order valence-corrected chi connectivity index (χ2v) is 4.81. The van der Waals surface area contributed by atoms with Crippen molar-refractivity contribution in [2.45, 2.75) is 6.42 Å². The topological polar surface area (TPSA) is 73.6 Å². The van der Waals surface area contributed by atoms with Crippen LogP contribution < -0.4 is 20.5 Å². The maximum atomic E-state index is 11.2. The number of carbonyl (C=O) groups is 1. The highest BCUT2D eigenvalue weighted by Crippen LogP contribution is 2.23. The molecule has 0 spiro atoms. The van der Waals surface area contributed by atoms with Crippen LogP contribution in [0.3, 0.4) is 0 Å². The van der Waals surface area contributed by atoms with Gasteiger partial charge in [0, 0.05) is 12.3 Å². The van der Waals surface area contributed by atoms with Crippen LogP contribution in [0.15, 0.2) is 48.5 Å². The smallest absolute Gasteiger partial charge is 0.225 e. The Hall–Kier alpha value is -2.40. The molecule has 0 fully saturated rings. The van der Waals surface area contributed by atoms with Crippen LogP contribution in [0.2, 0.25) is 0 Å². The standard InChI is InChI=1S/C10H12ClNO2.C7H9NO/c1-14-9-5-3-2-4-8(9)12-10(13)6-7-11;1-9-7-5-3-2-4-6(7)8/h2-5H,6-7H2,1H3,(H,12,13);2-5H,8H2,1H3. The SMILES string of the molecule is COc1ccccc1N.COc1ccccc1NC(=O)CCCl. The van der Waals surface area contributed by atoms with Gasteiger partial charge in [0.05, 0.1) is 25.6 Å². The van der Waals surface area contributed by atoms with Crippen LogP contribution in [0.5, 0.6) is 11.5 Å². The molecule has 0 atom stereocenters. The first-order valence-corrected chi connectivity index (χ1v) is 7.53. The number of carbonyl (C=O) groups excluding carboxylic acids is 1. The molecule has 2 aromatic rings. The van der Waals surface area contributed by atoms with Crippen molar-refractivity contribution in [2.75, 3.05) is 31.2 Å². The van der Waals surface area contributed by atoms with E-state index in [1.54, 1.807) is 32.4 Å². The minimum absolute atomic E-state index is 0.107. The fraction of sp³-hybridized carbons (Fsp3) is 0.235. The van der Waals surface area contributed by atoms with Crippen molar-refractivity contribution in [3.05, 3.63) is 48.5 Å². The first-order chi connectivity index (χ1) is 11.1. The molecule has 3 N–H and O–H groups in total. The molecule has 0 aliphatic heterocycles. The maximum Gasteiger partial charge on any atom is 0.225 e. The van der Waals surface area contributed by atoms with E-state index in [-0.39, 0.29) is 5.91 Å². The summed E-state index contributed by atoms with van der Waals surface area (Å²) >= 11 is 5.44. The summed E-state index contributed by atoms with van der Waals surface area (Å²) < 4.78 is 10.00. The number of ether oxygens (including phenoxy) is 2. The van der Waals surface area contributed by atoms with Crippen molar-refractivity contribution in [1.82, 2.24) is 0 Å². The van der Waals surface area contributed by atoms with Crippen LogP contribution in [0, 0.1) is 0 Å². The molecule has 124 valence electrons. The number of halogens is 1. The molecule has 5 nitrogen and oxygen atoms in total. The highest BCUT2D eigenvalue weighted by molar-refractivity contribution is 6.19. The molecule has 0 saturated heterocycles. The number of benzene rings is 2. The molecule has 23 heavy (non-hydrogen) atoms. The Balaban J connectivity index is 0.000000253. The van der Waals surface area contributed by atoms with E-state index in [4.69, 9.17) is 26.8 Å². The van der Waals surface area contributed by atoms with E-state index in [0.717, 1.165) is 5.75 Å². The Morgan fingerprint density at radius 2 is 1.61 bits per heavy atom. The number of amides is 1. The lowest BCUT2D eigenvalue weighted by atomic mass is 10.3. The summed E-state index contributed by atoms with van der Waals surface area (Å²) in [5.41, 5.74) is 6.86. The summed E-state index contributed by atoms with van der Waals surface area (Å²) in [5.74, 6) is 1.60. The van der Waals surface area contributed by atoms with Gasteiger partial charge in [-0.3, -0.25) is 4.79 Å². The number of nitrogen functional groups attached to an aromatic ring is 1. The van der Waals surface area contributed by atoms with Crippen molar-refractivity contribution < 1.29 is 14.3 Å². The largest absolute Gasteiger partial charge is 0.495 e. The molecular formula is C17H21ClN2O3. The Morgan fingerprint density at radius 1 is 1.04 bits per heavy atom. The summed E-state index contributed by atoms with van der Waals surface area (Å²) in [5, 5.41) is 2.71. The molecule has 2 rings (SSSR count). The number of nitrogens with one attached hydrogen (secondary N) is 1. The van der Waals surface area contributed by atoms with Gasteiger partial charge in [0.15, 0.2) is 0 Å². The lowest BCUT2D eigenvalue weighted by Gasteiger charge is -2.08. The quantitative estimate of drug-likeness (QED) is 0.647. The Morgan fingerprint density at radius 3 is 2.13 bits per heavy atom. The fourth-order valence-corrected chi connectivity index (χ4v) is 1.88. The van der Waals surface area contributed by atoms with Gasteiger partial charge >= 0.3 is 0 Å². The number of rotatable bonds is 5. The average molecular weight is 337 g/mol. The number of methoxy groups -OCH3 is 2. The molecule has 0 aliphatic rings. The van der Waals surface area contributed by atoms with E-state index in [0.29, 0.717) is 29.4 Å². The van der Waals surface area contributed by atoms with Crippen LogP contribution in [0.4, 0.5) is 11.4 Å². The highest BCUT2D eigenvalue weighted by atomic mass is 35.5. The fourth-order valence-electron chi connectivity index (χ4n) is 1.71. The second kappa shape index (κ2) is 10.3. The zero-order valence-corrected chi connectivity index (χ0v) is 14.0. The molecule has 0 aromatic heterocycles. The second-order valence-electron chi connectivity index (χ2n) is 4.43. The van der Waals surface area contributed by atoms with Crippen LogP contribution in [0.1, 0.15) is 6.42 Å². The molecule has 0 unspecified atom stereocenters. The minimum atomic E-state index is -0.107. The van der Waals surface area contributed by atoms with Gasteiger partial charge in [0.25, 0.3) is 0 Å². The van der Waals surface area contributed by atoms with Gasteiger partial charge < -0.3 is 20.5 Å². The van der Waals surface area contributed by atoms with Gasteiger partial charge in [-0.15, -0.1) is 11.6 Å². The monoisotopic (exact) mass is 336 g/mol. The Kier molecular flexibility index (Phi) is 8.39. The molecule has 2 aromatic carbocycles. The van der Waals surface area contributed by atoms with Crippen molar-refractivity contribution in [1.29, 1.82) is 0 Å². The predicted molar refractivity (Wildman–Crippen MR) is 94.4 cm³/mol. The van der Waals surface area contributed by atoms with Crippen molar-refractivity contribution >= 4 is 28.9 Å². The van der Waals surface area contributed by atoms with Gasteiger partial charge in [-0.05, 0) is 24.3 Å². The van der Waals surface area contributed by atoms with Crippen LogP contribution >= 0.6 is 11.6 Å². The molecule has 1 amide bonds. The summed E-state index contributed by atoms with van der Waals surface area (Å²) in [6.45, 7) is 0. The lowest BCUT2D eigenvalue weighted by Crippen LogP contribution is -2.12. The molecule has 0 radical (unpaired) electrons. The van der Waals surface area contributed by atoms with Crippen molar-refractivity contribution in [2.24, 2.45) is 0 Å². The third-order valence-corrected chi connectivity index (χ3v) is 3.03. The Bertz CT molecular complexity index is 620. The van der Waals surface area contributed by atoms with E-state index in [9.17, 15) is 4.79 Å². The first kappa shape index (κ1) is 18.6. The van der Waals surface area contributed by atoms with E-state index in [1.165, 1.54) is 0 Å². The third kappa shape index (κ3) is 6.48. The van der Waals surface area contributed by atoms with Crippen LogP contribution in [-0.2, 0) is 4.79 Å². The van der Waals surface area contributed by atoms with E-state index >= 15 is 0 Å². The normalized spacial score (nSPS) is 9.35. The number of para-hydroxylation sites is 4. The summed E-state index contributed by atoms with van der Waals surface area (Å²) in [6.07, 6.45) is 0.305. The zero-order valence-electron chi connectivity index (χ0n) is 13.2. The van der Waals surface area contributed by atoms with Crippen LogP contribution in [-0.4, -0.2) is 26.0 Å². The van der Waals surface area contributed by atoms with Gasteiger partial charge in [0.2, 0.25) is 5.91 Å². The van der Waals surface area contributed by atoms with Gasteiger partial charge in [0.1, 0.15) is 11.5 Å². The van der Waals surface area contributed by atoms with Gasteiger partial charge in [-0.2, -0.15) is 0 Å². The van der Waals surface area contributed by atoms with E-state index < -0.39 is 0 Å². The summed E-state index contributed by atoms with van der Waals surface area (Å²) in [7, 11) is 3.16. The number of hydrogen-bond acceptors (Lipinski definition) is 4. The number of nitrogens with two attached hydrogens (primary N) is 1. The van der Waals surface area contributed by atoms with Gasteiger partial charge in [-0.25, -0.2) is 0 Å². The maximum absolute atomic E-state index is 11.2. The summed E-state index contributed by atoms with van der Waals surface area (Å²) in [4.78, 5) is 11.2. The molecule has 0 bridgehead atoms. The third-order valence-electron chi connectivity index (χ3n) is 2.84. The highest BCUT2D eigenvalue weighted by Gasteiger charge is 2.05. The average Bonchev–Trinajstić information content (AvgIpc) is 2.56. The zero-order chi connectivity index (χ0) is 17.1.